The van der Waals surface area contributed by atoms with E-state index in [9.17, 15) is 9.59 Å². The number of rotatable bonds is 5. The second-order valence-electron chi connectivity index (χ2n) is 5.92. The fraction of sp³-hybridized carbons (Fsp3) is 0.278. The van der Waals surface area contributed by atoms with Crippen LogP contribution in [0.1, 0.15) is 35.0 Å². The maximum absolute atomic E-state index is 12.7. The molecule has 2 heterocycles. The molecule has 0 saturated carbocycles. The normalized spacial score (nSPS) is 11.1. The summed E-state index contributed by atoms with van der Waals surface area (Å²) < 4.78 is 1.60. The predicted octanol–water partition coefficient (Wildman–Crippen LogP) is 5.13. The molecular weight excluding hydrogens is 393 g/mol. The van der Waals surface area contributed by atoms with Crippen LogP contribution in [0.15, 0.2) is 29.3 Å². The van der Waals surface area contributed by atoms with Gasteiger partial charge in [-0.2, -0.15) is 0 Å². The fourth-order valence-electron chi connectivity index (χ4n) is 2.63. The fourth-order valence-corrected chi connectivity index (χ4v) is 3.96. The first-order valence-electron chi connectivity index (χ1n) is 8.17. The Hall–Kier alpha value is -1.89. The number of halogens is 2. The smallest absolute Gasteiger partial charge is 0.266 e. The molecule has 0 atom stereocenters. The molecule has 5 nitrogen and oxygen atoms in total. The molecule has 1 aromatic carbocycles. The van der Waals surface area contributed by atoms with E-state index >= 15 is 0 Å². The molecule has 3 rings (SSSR count). The molecule has 0 aliphatic carbocycles. The third-order valence-electron chi connectivity index (χ3n) is 4.05. The maximum Gasteiger partial charge on any atom is 0.266 e. The molecule has 1 N–H and O–H groups in total. The number of hydrogen-bond acceptors (Lipinski definition) is 4. The Labute approximate surface area is 164 Å². The van der Waals surface area contributed by atoms with Crippen molar-refractivity contribution in [3.63, 3.8) is 0 Å². The standard InChI is InChI=1S/C18H17Cl2N3O2S/c1-3-4-7-23-9-21-17-14(18(23)25)10(2)15(26-17)16(24)22-11-5-6-12(19)13(20)8-11/h5-6,8-9H,3-4,7H2,1-2H3,(H,22,24). The molecule has 136 valence electrons. The molecule has 0 unspecified atom stereocenters. The molecule has 8 heteroatoms. The van der Waals surface area contributed by atoms with E-state index in [2.05, 4.69) is 17.2 Å². The zero-order valence-electron chi connectivity index (χ0n) is 14.3. The molecule has 0 bridgehead atoms. The Morgan fingerprint density at radius 3 is 2.77 bits per heavy atom. The zero-order chi connectivity index (χ0) is 18.8. The zero-order valence-corrected chi connectivity index (χ0v) is 16.6. The summed E-state index contributed by atoms with van der Waals surface area (Å²) in [4.78, 5) is 30.7. The minimum atomic E-state index is -0.302. The molecule has 0 aliphatic rings. The highest BCUT2D eigenvalue weighted by atomic mass is 35.5. The average molecular weight is 410 g/mol. The number of hydrogen-bond donors (Lipinski definition) is 1. The monoisotopic (exact) mass is 409 g/mol. The lowest BCUT2D eigenvalue weighted by molar-refractivity contribution is 0.103. The second-order valence-corrected chi connectivity index (χ2v) is 7.73. The molecular formula is C18H17Cl2N3O2S. The van der Waals surface area contributed by atoms with Crippen LogP contribution in [0.4, 0.5) is 5.69 Å². The topological polar surface area (TPSA) is 64.0 Å². The van der Waals surface area contributed by atoms with Crippen molar-refractivity contribution in [1.29, 1.82) is 0 Å². The van der Waals surface area contributed by atoms with Gasteiger partial charge in [0.2, 0.25) is 0 Å². The van der Waals surface area contributed by atoms with Crippen molar-refractivity contribution in [1.82, 2.24) is 9.55 Å². The first-order chi connectivity index (χ1) is 12.4. The number of thiophene rings is 1. The Balaban J connectivity index is 1.95. The van der Waals surface area contributed by atoms with Gasteiger partial charge in [-0.05, 0) is 37.1 Å². The van der Waals surface area contributed by atoms with Gasteiger partial charge in [-0.3, -0.25) is 14.2 Å². The number of benzene rings is 1. The lowest BCUT2D eigenvalue weighted by Crippen LogP contribution is -2.20. The van der Waals surface area contributed by atoms with Crippen LogP contribution in [-0.2, 0) is 6.54 Å². The SMILES string of the molecule is CCCCn1cnc2sc(C(=O)Nc3ccc(Cl)c(Cl)c3)c(C)c2c1=O. The predicted molar refractivity (Wildman–Crippen MR) is 108 cm³/mol. The summed E-state index contributed by atoms with van der Waals surface area (Å²) in [6.45, 7) is 4.46. The number of aryl methyl sites for hydroxylation is 2. The van der Waals surface area contributed by atoms with E-state index in [4.69, 9.17) is 23.2 Å². The van der Waals surface area contributed by atoms with Gasteiger partial charge in [-0.1, -0.05) is 36.5 Å². The molecule has 0 fully saturated rings. The molecule has 0 spiro atoms. The molecule has 3 aromatic rings. The highest BCUT2D eigenvalue weighted by Crippen LogP contribution is 2.29. The third-order valence-corrected chi connectivity index (χ3v) is 5.99. The van der Waals surface area contributed by atoms with Gasteiger partial charge in [0.05, 0.1) is 26.6 Å². The maximum atomic E-state index is 12.7. The summed E-state index contributed by atoms with van der Waals surface area (Å²) in [7, 11) is 0. The highest BCUT2D eigenvalue weighted by molar-refractivity contribution is 7.20. The van der Waals surface area contributed by atoms with Gasteiger partial charge in [0.25, 0.3) is 11.5 Å². The number of amides is 1. The number of anilines is 1. The minimum absolute atomic E-state index is 0.106. The Bertz CT molecular complexity index is 1040. The largest absolute Gasteiger partial charge is 0.321 e. The number of unbranched alkanes of at least 4 members (excludes halogenated alkanes) is 1. The second kappa shape index (κ2) is 7.78. The van der Waals surface area contributed by atoms with Crippen molar-refractivity contribution < 1.29 is 4.79 Å². The van der Waals surface area contributed by atoms with Gasteiger partial charge in [0.1, 0.15) is 4.83 Å². The van der Waals surface area contributed by atoms with Gasteiger partial charge in [-0.25, -0.2) is 4.98 Å². The molecule has 26 heavy (non-hydrogen) atoms. The van der Waals surface area contributed by atoms with Gasteiger partial charge in [0, 0.05) is 12.2 Å². The number of nitrogens with zero attached hydrogens (tertiary/aromatic N) is 2. The van der Waals surface area contributed by atoms with E-state index in [1.54, 1.807) is 36.0 Å². The van der Waals surface area contributed by atoms with Crippen molar-refractivity contribution in [2.45, 2.75) is 33.2 Å². The van der Waals surface area contributed by atoms with Crippen LogP contribution < -0.4 is 10.9 Å². The first kappa shape index (κ1) is 18.9. The van der Waals surface area contributed by atoms with Gasteiger partial charge in [0.15, 0.2) is 0 Å². The van der Waals surface area contributed by atoms with Crippen LogP contribution in [0.25, 0.3) is 10.2 Å². The average Bonchev–Trinajstić information content (AvgIpc) is 2.95. The van der Waals surface area contributed by atoms with Crippen LogP contribution >= 0.6 is 34.5 Å². The molecule has 2 aromatic heterocycles. The van der Waals surface area contributed by atoms with Crippen molar-refractivity contribution in [2.75, 3.05) is 5.32 Å². The molecule has 0 saturated heterocycles. The Morgan fingerprint density at radius 1 is 1.31 bits per heavy atom. The van der Waals surface area contributed by atoms with Gasteiger partial charge in [-0.15, -0.1) is 11.3 Å². The third kappa shape index (κ3) is 3.63. The van der Waals surface area contributed by atoms with Crippen LogP contribution in [0.3, 0.4) is 0 Å². The van der Waals surface area contributed by atoms with Crippen LogP contribution in [0.2, 0.25) is 10.0 Å². The van der Waals surface area contributed by atoms with Crippen LogP contribution in [0, 0.1) is 6.92 Å². The summed E-state index contributed by atoms with van der Waals surface area (Å²) in [5.74, 6) is -0.302. The number of aromatic nitrogens is 2. The molecule has 0 radical (unpaired) electrons. The van der Waals surface area contributed by atoms with E-state index in [1.807, 2.05) is 0 Å². The summed E-state index contributed by atoms with van der Waals surface area (Å²) in [5.41, 5.74) is 1.08. The molecule has 0 aliphatic heterocycles. The quantitative estimate of drug-likeness (QED) is 0.635. The van der Waals surface area contributed by atoms with E-state index in [1.165, 1.54) is 11.3 Å². The number of carbonyl (C=O) groups excluding carboxylic acids is 1. The summed E-state index contributed by atoms with van der Waals surface area (Å²) in [6.07, 6.45) is 3.45. The van der Waals surface area contributed by atoms with Gasteiger partial charge >= 0.3 is 0 Å². The first-order valence-corrected chi connectivity index (χ1v) is 9.74. The van der Waals surface area contributed by atoms with E-state index < -0.39 is 0 Å². The minimum Gasteiger partial charge on any atom is -0.321 e. The Morgan fingerprint density at radius 2 is 2.08 bits per heavy atom. The van der Waals surface area contributed by atoms with Crippen LogP contribution in [0.5, 0.6) is 0 Å². The van der Waals surface area contributed by atoms with E-state index in [0.29, 0.717) is 42.9 Å². The van der Waals surface area contributed by atoms with Crippen LogP contribution in [-0.4, -0.2) is 15.5 Å². The summed E-state index contributed by atoms with van der Waals surface area (Å²) in [6, 6.07) is 4.87. The number of nitrogens with one attached hydrogen (secondary N) is 1. The number of fused-ring (bicyclic) bond motifs is 1. The van der Waals surface area contributed by atoms with Crippen molar-refractivity contribution >= 4 is 56.3 Å². The van der Waals surface area contributed by atoms with Crippen molar-refractivity contribution in [2.24, 2.45) is 0 Å². The lowest BCUT2D eigenvalue weighted by atomic mass is 10.2. The van der Waals surface area contributed by atoms with Crippen molar-refractivity contribution in [3.8, 4) is 0 Å². The van der Waals surface area contributed by atoms with E-state index in [0.717, 1.165) is 12.8 Å². The van der Waals surface area contributed by atoms with E-state index in [-0.39, 0.29) is 11.5 Å². The number of carbonyl (C=O) groups is 1. The summed E-state index contributed by atoms with van der Waals surface area (Å²) in [5, 5.41) is 4.07. The highest BCUT2D eigenvalue weighted by Gasteiger charge is 2.19. The lowest BCUT2D eigenvalue weighted by Gasteiger charge is -2.06. The van der Waals surface area contributed by atoms with Gasteiger partial charge < -0.3 is 5.32 Å². The van der Waals surface area contributed by atoms with Crippen molar-refractivity contribution in [3.05, 3.63) is 55.4 Å². The summed E-state index contributed by atoms with van der Waals surface area (Å²) >= 11 is 13.1. The molecule has 1 amide bonds. The Kier molecular flexibility index (Phi) is 5.65.